The van der Waals surface area contributed by atoms with Crippen LogP contribution >= 0.6 is 0 Å². The van der Waals surface area contributed by atoms with Crippen molar-refractivity contribution in [2.45, 2.75) is 200 Å². The summed E-state index contributed by atoms with van der Waals surface area (Å²) in [6.45, 7) is 4.53. The number of ether oxygens (including phenoxy) is 4. The number of carboxylic acids is 1. The Morgan fingerprint density at radius 2 is 0.792 bits per heavy atom. The fourth-order valence-electron chi connectivity index (χ4n) is 6.85. The zero-order chi connectivity index (χ0) is 52.7. The Labute approximate surface area is 439 Å². The van der Waals surface area contributed by atoms with Crippen molar-refractivity contribution >= 4 is 17.9 Å². The lowest BCUT2D eigenvalue weighted by Crippen LogP contribution is -2.44. The zero-order valence-electron chi connectivity index (χ0n) is 46.0. The van der Waals surface area contributed by atoms with E-state index in [1.807, 2.05) is 21.1 Å². The van der Waals surface area contributed by atoms with Crippen molar-refractivity contribution in [2.75, 3.05) is 47.5 Å². The third kappa shape index (κ3) is 53.2. The topological polar surface area (TPSA) is 111 Å². The van der Waals surface area contributed by atoms with Gasteiger partial charge in [0.15, 0.2) is 12.4 Å². The van der Waals surface area contributed by atoms with Crippen LogP contribution in [0.25, 0.3) is 0 Å². The molecule has 0 amide bonds. The monoisotopic (exact) mass is 1000 g/mol. The third-order valence-corrected chi connectivity index (χ3v) is 11.1. The third-order valence-electron chi connectivity index (χ3n) is 11.1. The molecular formula is C63H101NO8. The maximum atomic E-state index is 12.8. The Balaban J connectivity index is 4.38. The van der Waals surface area contributed by atoms with Crippen LogP contribution in [0.1, 0.15) is 187 Å². The van der Waals surface area contributed by atoms with E-state index in [-0.39, 0.29) is 38.6 Å². The summed E-state index contributed by atoms with van der Waals surface area (Å²) in [5.74, 6) is -2.37. The smallest absolute Gasteiger partial charge is 0.306 e. The number of unbranched alkanes of at least 4 members (excludes halogenated alkanes) is 12. The molecule has 0 fully saturated rings. The van der Waals surface area contributed by atoms with Crippen LogP contribution in [0.3, 0.4) is 0 Å². The van der Waals surface area contributed by atoms with Crippen molar-refractivity contribution in [3.63, 3.8) is 0 Å². The van der Waals surface area contributed by atoms with Gasteiger partial charge in [0.2, 0.25) is 0 Å². The van der Waals surface area contributed by atoms with Gasteiger partial charge in [0.05, 0.1) is 40.3 Å². The Bertz CT molecular complexity index is 1640. The Kier molecular flexibility index (Phi) is 49.4. The summed E-state index contributed by atoms with van der Waals surface area (Å²) in [6.07, 6.45) is 72.2. The molecule has 2 atom stereocenters. The minimum absolute atomic E-state index is 0.130. The lowest BCUT2D eigenvalue weighted by Gasteiger charge is -2.26. The first-order valence-electron chi connectivity index (χ1n) is 27.8. The lowest BCUT2D eigenvalue weighted by atomic mass is 10.1. The molecule has 0 aromatic heterocycles. The minimum Gasteiger partial charge on any atom is -0.545 e. The van der Waals surface area contributed by atoms with Gasteiger partial charge < -0.3 is 33.3 Å². The van der Waals surface area contributed by atoms with Crippen molar-refractivity contribution in [3.05, 3.63) is 134 Å². The summed E-state index contributed by atoms with van der Waals surface area (Å²) >= 11 is 0. The summed E-state index contributed by atoms with van der Waals surface area (Å²) < 4.78 is 22.6. The number of esters is 2. The van der Waals surface area contributed by atoms with Crippen LogP contribution in [-0.4, -0.2) is 82.3 Å². The predicted octanol–water partition coefficient (Wildman–Crippen LogP) is 14.9. The van der Waals surface area contributed by atoms with Crippen molar-refractivity contribution in [2.24, 2.45) is 0 Å². The first-order valence-corrected chi connectivity index (χ1v) is 27.8. The molecular weight excluding hydrogens is 899 g/mol. The van der Waals surface area contributed by atoms with Crippen molar-refractivity contribution in [1.82, 2.24) is 0 Å². The van der Waals surface area contributed by atoms with Gasteiger partial charge in [0, 0.05) is 12.8 Å². The second kappa shape index (κ2) is 52.7. The van der Waals surface area contributed by atoms with Crippen molar-refractivity contribution < 1.29 is 42.9 Å². The Morgan fingerprint density at radius 1 is 0.431 bits per heavy atom. The Morgan fingerprint density at radius 3 is 1.22 bits per heavy atom. The number of carbonyl (C=O) groups excluding carboxylic acids is 3. The van der Waals surface area contributed by atoms with E-state index in [0.29, 0.717) is 23.9 Å². The van der Waals surface area contributed by atoms with Crippen LogP contribution in [0.15, 0.2) is 134 Å². The molecule has 0 saturated carbocycles. The van der Waals surface area contributed by atoms with Crippen LogP contribution in [0.4, 0.5) is 0 Å². The van der Waals surface area contributed by atoms with Gasteiger partial charge in [0.1, 0.15) is 13.2 Å². The maximum Gasteiger partial charge on any atom is 0.306 e. The first kappa shape index (κ1) is 67.4. The highest BCUT2D eigenvalue weighted by Crippen LogP contribution is 2.12. The quantitative estimate of drug-likeness (QED) is 0.0195. The second-order valence-electron chi connectivity index (χ2n) is 19.1. The molecule has 9 heteroatoms. The molecule has 72 heavy (non-hydrogen) atoms. The molecule has 406 valence electrons. The minimum atomic E-state index is -1.64. The Hall–Kier alpha value is -4.57. The van der Waals surface area contributed by atoms with Gasteiger partial charge in [-0.2, -0.15) is 0 Å². The molecule has 0 rings (SSSR count). The molecule has 0 spiro atoms. The van der Waals surface area contributed by atoms with Crippen LogP contribution in [0.2, 0.25) is 0 Å². The molecule has 0 N–H and O–H groups in total. The molecule has 0 aromatic carbocycles. The summed E-state index contributed by atoms with van der Waals surface area (Å²) in [6, 6.07) is 0. The molecule has 9 nitrogen and oxygen atoms in total. The lowest BCUT2D eigenvalue weighted by molar-refractivity contribution is -0.870. The fraction of sp³-hybridized carbons (Fsp3) is 0.603. The van der Waals surface area contributed by atoms with Crippen LogP contribution in [0, 0.1) is 0 Å². The van der Waals surface area contributed by atoms with Gasteiger partial charge in [-0.05, 0) is 116 Å². The van der Waals surface area contributed by atoms with Crippen LogP contribution < -0.4 is 5.11 Å². The number of allylic oxidation sites excluding steroid dienone is 22. The fourth-order valence-corrected chi connectivity index (χ4v) is 6.85. The zero-order valence-corrected chi connectivity index (χ0v) is 46.0. The van der Waals surface area contributed by atoms with E-state index >= 15 is 0 Å². The van der Waals surface area contributed by atoms with Crippen LogP contribution in [-0.2, 0) is 33.3 Å². The van der Waals surface area contributed by atoms with E-state index in [9.17, 15) is 19.5 Å². The standard InChI is InChI=1S/C63H101NO8/c1-6-8-10-12-14-16-18-20-22-23-24-25-26-27-28-29-30-31-32-33-34-35-36-37-38-39-40-42-44-46-48-50-52-54-61(66)72-59(58-71-63(62(67)68)69-56-55-64(3,4)5)57-70-60(65)53-51-49-47-45-43-41-21-19-17-15-13-11-9-7-2/h8,10,14,16,19-22,24-25,27-28,30-31,33-34,36-37,39-40,44,46,59,63H,6-7,9,11-13,15,17-18,23,26,29,32,35,38,41-43,45,47-58H2,1-5H3/b10-8-,16-14-,21-19-,22-20-,25-24-,28-27-,31-30-,34-33-,37-36-,40-39-,46-44-. The number of carbonyl (C=O) groups is 3. The number of nitrogens with zero attached hydrogens (tertiary/aromatic N) is 1. The number of rotatable bonds is 49. The number of aliphatic carboxylic acids is 1. The second-order valence-corrected chi connectivity index (χ2v) is 19.1. The normalized spacial score (nSPS) is 13.8. The first-order chi connectivity index (χ1) is 35.1. The summed E-state index contributed by atoms with van der Waals surface area (Å²) in [5, 5.41) is 11.7. The molecule has 0 bridgehead atoms. The number of likely N-dealkylation sites (N-methyl/N-ethyl adjacent to an activating group) is 1. The number of carboxylic acid groups (broad SMARTS) is 1. The average molecular weight is 1000 g/mol. The summed E-state index contributed by atoms with van der Waals surface area (Å²) in [5.41, 5.74) is 0. The molecule has 0 aliphatic carbocycles. The largest absolute Gasteiger partial charge is 0.545 e. The average Bonchev–Trinajstić information content (AvgIpc) is 3.35. The molecule has 0 heterocycles. The highest BCUT2D eigenvalue weighted by atomic mass is 16.7. The van der Waals surface area contributed by atoms with E-state index in [0.717, 1.165) is 109 Å². The molecule has 0 aliphatic rings. The van der Waals surface area contributed by atoms with E-state index in [1.54, 1.807) is 0 Å². The van der Waals surface area contributed by atoms with Gasteiger partial charge in [-0.3, -0.25) is 9.59 Å². The predicted molar refractivity (Wildman–Crippen MR) is 301 cm³/mol. The highest BCUT2D eigenvalue weighted by Gasteiger charge is 2.21. The highest BCUT2D eigenvalue weighted by molar-refractivity contribution is 5.70. The van der Waals surface area contributed by atoms with Gasteiger partial charge in [-0.25, -0.2) is 0 Å². The van der Waals surface area contributed by atoms with E-state index in [2.05, 4.69) is 148 Å². The molecule has 0 saturated heterocycles. The van der Waals surface area contributed by atoms with E-state index < -0.39 is 24.3 Å². The van der Waals surface area contributed by atoms with Crippen molar-refractivity contribution in [1.29, 1.82) is 0 Å². The molecule has 0 radical (unpaired) electrons. The summed E-state index contributed by atoms with van der Waals surface area (Å²) in [7, 11) is 5.89. The van der Waals surface area contributed by atoms with Gasteiger partial charge >= 0.3 is 11.9 Å². The molecule has 2 unspecified atom stereocenters. The molecule has 0 aliphatic heterocycles. The number of hydrogen-bond donors (Lipinski definition) is 0. The maximum absolute atomic E-state index is 12.8. The van der Waals surface area contributed by atoms with Gasteiger partial charge in [-0.1, -0.05) is 192 Å². The van der Waals surface area contributed by atoms with Crippen molar-refractivity contribution in [3.8, 4) is 0 Å². The number of quaternary nitrogens is 1. The van der Waals surface area contributed by atoms with E-state index in [4.69, 9.17) is 18.9 Å². The van der Waals surface area contributed by atoms with E-state index in [1.165, 1.54) is 38.5 Å². The van der Waals surface area contributed by atoms with Gasteiger partial charge in [0.25, 0.3) is 0 Å². The van der Waals surface area contributed by atoms with Crippen LogP contribution in [0.5, 0.6) is 0 Å². The summed E-state index contributed by atoms with van der Waals surface area (Å²) in [4.78, 5) is 37.2. The molecule has 0 aromatic rings. The van der Waals surface area contributed by atoms with Gasteiger partial charge in [-0.15, -0.1) is 0 Å². The SMILES string of the molecule is CC/C=C\C/C=C\C/C=C\C/C=C\C/C=C\C/C=C\C/C=C\C/C=C\C/C=C\C/C=C\CCCCC(=O)OC(COC(=O)CCCCCCC/C=C\CCCCCCC)COC(OCC[N+](C)(C)C)C(=O)[O-]. The number of hydrogen-bond acceptors (Lipinski definition) is 8.